The highest BCUT2D eigenvalue weighted by atomic mass is 32.2. The minimum Gasteiger partial charge on any atom is -0.134 e. The standard InChI is InChI=1S/C17H20S/c1-13-4-6-15(7-5-13)8-9-16-10-11-17(18-3)12-14(16)2/h4-11,14H,12H2,1-3H3/b9-8-. The average molecular weight is 256 g/mol. The van der Waals surface area contributed by atoms with E-state index in [1.54, 1.807) is 0 Å². The number of benzene rings is 1. The Hall–Kier alpha value is -1.21. The zero-order chi connectivity index (χ0) is 13.0. The van der Waals surface area contributed by atoms with Crippen molar-refractivity contribution in [2.24, 2.45) is 5.92 Å². The molecule has 0 saturated carbocycles. The molecule has 0 fully saturated rings. The molecule has 0 amide bonds. The average Bonchev–Trinajstić information content (AvgIpc) is 2.39. The lowest BCUT2D eigenvalue weighted by Gasteiger charge is -2.18. The van der Waals surface area contributed by atoms with Crippen molar-refractivity contribution in [2.45, 2.75) is 20.3 Å². The lowest BCUT2D eigenvalue weighted by atomic mass is 9.92. The number of hydrogen-bond donors (Lipinski definition) is 0. The Morgan fingerprint density at radius 2 is 1.83 bits per heavy atom. The van der Waals surface area contributed by atoms with Crippen molar-refractivity contribution in [2.75, 3.05) is 6.26 Å². The van der Waals surface area contributed by atoms with Crippen molar-refractivity contribution >= 4 is 17.8 Å². The van der Waals surface area contributed by atoms with Crippen molar-refractivity contribution < 1.29 is 0 Å². The van der Waals surface area contributed by atoms with Crippen LogP contribution < -0.4 is 0 Å². The number of thioether (sulfide) groups is 1. The Bertz CT molecular complexity index is 489. The lowest BCUT2D eigenvalue weighted by molar-refractivity contribution is 0.698. The molecule has 1 heteroatoms. The summed E-state index contributed by atoms with van der Waals surface area (Å²) in [5.74, 6) is 0.624. The normalized spacial score (nSPS) is 19.8. The molecule has 18 heavy (non-hydrogen) atoms. The summed E-state index contributed by atoms with van der Waals surface area (Å²) < 4.78 is 0. The molecule has 1 aromatic carbocycles. The van der Waals surface area contributed by atoms with Gasteiger partial charge in [0.15, 0.2) is 0 Å². The van der Waals surface area contributed by atoms with E-state index >= 15 is 0 Å². The molecule has 1 aliphatic carbocycles. The summed E-state index contributed by atoms with van der Waals surface area (Å²) in [4.78, 5) is 1.48. The topological polar surface area (TPSA) is 0 Å². The van der Waals surface area contributed by atoms with Gasteiger partial charge in [0.1, 0.15) is 0 Å². The smallest absolute Gasteiger partial charge is 0.0140 e. The van der Waals surface area contributed by atoms with Crippen molar-refractivity contribution in [1.29, 1.82) is 0 Å². The molecule has 0 saturated heterocycles. The predicted molar refractivity (Wildman–Crippen MR) is 83.7 cm³/mol. The third-order valence-corrected chi connectivity index (χ3v) is 4.17. The Labute approximate surface area is 114 Å². The first-order chi connectivity index (χ1) is 8.69. The Balaban J connectivity index is 2.11. The van der Waals surface area contributed by atoms with Crippen LogP contribution in [0.25, 0.3) is 6.08 Å². The van der Waals surface area contributed by atoms with Gasteiger partial charge in [-0.05, 0) is 41.6 Å². The van der Waals surface area contributed by atoms with Crippen LogP contribution in [0.4, 0.5) is 0 Å². The molecule has 0 spiro atoms. The minimum absolute atomic E-state index is 0.624. The van der Waals surface area contributed by atoms with E-state index in [4.69, 9.17) is 0 Å². The summed E-state index contributed by atoms with van der Waals surface area (Å²) in [5, 5.41) is 0. The van der Waals surface area contributed by atoms with Gasteiger partial charge in [0.05, 0.1) is 0 Å². The first-order valence-electron chi connectivity index (χ1n) is 6.38. The van der Waals surface area contributed by atoms with Gasteiger partial charge >= 0.3 is 0 Å². The lowest BCUT2D eigenvalue weighted by Crippen LogP contribution is -2.01. The van der Waals surface area contributed by atoms with E-state index < -0.39 is 0 Å². The van der Waals surface area contributed by atoms with E-state index in [1.807, 2.05) is 11.8 Å². The van der Waals surface area contributed by atoms with Crippen LogP contribution in [0, 0.1) is 12.8 Å². The molecule has 0 bridgehead atoms. The second-order valence-electron chi connectivity index (χ2n) is 4.85. The van der Waals surface area contributed by atoms with E-state index in [1.165, 1.54) is 28.0 Å². The predicted octanol–water partition coefficient (Wildman–Crippen LogP) is 5.22. The van der Waals surface area contributed by atoms with Crippen molar-refractivity contribution in [3.63, 3.8) is 0 Å². The van der Waals surface area contributed by atoms with Gasteiger partial charge in [0.2, 0.25) is 0 Å². The fourth-order valence-corrected chi connectivity index (χ4v) is 2.70. The van der Waals surface area contributed by atoms with Gasteiger partial charge < -0.3 is 0 Å². The molecule has 0 radical (unpaired) electrons. The second-order valence-corrected chi connectivity index (χ2v) is 5.79. The highest BCUT2D eigenvalue weighted by Gasteiger charge is 2.12. The van der Waals surface area contributed by atoms with Crippen LogP contribution in [0.2, 0.25) is 0 Å². The Morgan fingerprint density at radius 3 is 2.44 bits per heavy atom. The molecule has 1 aliphatic rings. The molecule has 0 heterocycles. The highest BCUT2D eigenvalue weighted by molar-refractivity contribution is 8.02. The number of allylic oxidation sites excluding steroid dienone is 5. The van der Waals surface area contributed by atoms with Gasteiger partial charge in [-0.3, -0.25) is 0 Å². The molecule has 0 aromatic heterocycles. The summed E-state index contributed by atoms with van der Waals surface area (Å²) in [6.07, 6.45) is 12.3. The number of hydrogen-bond acceptors (Lipinski definition) is 1. The van der Waals surface area contributed by atoms with E-state index in [2.05, 4.69) is 68.7 Å². The summed E-state index contributed by atoms with van der Waals surface area (Å²) >= 11 is 1.86. The molecule has 0 N–H and O–H groups in total. The van der Waals surface area contributed by atoms with Gasteiger partial charge in [0, 0.05) is 0 Å². The number of rotatable bonds is 3. The maximum absolute atomic E-state index is 2.30. The summed E-state index contributed by atoms with van der Waals surface area (Å²) in [7, 11) is 0. The van der Waals surface area contributed by atoms with E-state index in [9.17, 15) is 0 Å². The van der Waals surface area contributed by atoms with E-state index in [0.717, 1.165) is 0 Å². The third kappa shape index (κ3) is 3.39. The van der Waals surface area contributed by atoms with Crippen molar-refractivity contribution in [3.05, 3.63) is 64.1 Å². The maximum atomic E-state index is 2.30. The maximum Gasteiger partial charge on any atom is -0.0140 e. The SMILES string of the molecule is CSC1=CC=C(/C=C\c2ccc(C)cc2)C(C)C1. The molecule has 0 nitrogen and oxygen atoms in total. The largest absolute Gasteiger partial charge is 0.134 e. The third-order valence-electron chi connectivity index (χ3n) is 3.35. The van der Waals surface area contributed by atoms with Crippen LogP contribution in [0.15, 0.2) is 53.0 Å². The monoisotopic (exact) mass is 256 g/mol. The molecule has 1 aromatic rings. The molecule has 0 aliphatic heterocycles. The van der Waals surface area contributed by atoms with Crippen LogP contribution in [-0.2, 0) is 0 Å². The molecular formula is C17H20S. The van der Waals surface area contributed by atoms with E-state index in [-0.39, 0.29) is 0 Å². The minimum atomic E-state index is 0.624. The second kappa shape index (κ2) is 6.10. The Kier molecular flexibility index (Phi) is 4.48. The molecular weight excluding hydrogens is 236 g/mol. The van der Waals surface area contributed by atoms with Gasteiger partial charge in [0.25, 0.3) is 0 Å². The first-order valence-corrected chi connectivity index (χ1v) is 7.61. The van der Waals surface area contributed by atoms with Crippen molar-refractivity contribution in [1.82, 2.24) is 0 Å². The van der Waals surface area contributed by atoms with Gasteiger partial charge in [-0.25, -0.2) is 0 Å². The quantitative estimate of drug-likeness (QED) is 0.714. The molecule has 2 rings (SSSR count). The zero-order valence-electron chi connectivity index (χ0n) is 11.3. The van der Waals surface area contributed by atoms with Crippen molar-refractivity contribution in [3.8, 4) is 0 Å². The van der Waals surface area contributed by atoms with Gasteiger partial charge in [-0.1, -0.05) is 61.1 Å². The summed E-state index contributed by atoms with van der Waals surface area (Å²) in [6, 6.07) is 8.65. The van der Waals surface area contributed by atoms with Crippen LogP contribution in [0.1, 0.15) is 24.5 Å². The molecule has 1 atom stereocenters. The molecule has 94 valence electrons. The van der Waals surface area contributed by atoms with Crippen LogP contribution in [0.5, 0.6) is 0 Å². The summed E-state index contributed by atoms with van der Waals surface area (Å²) in [5.41, 5.74) is 4.01. The number of aryl methyl sites for hydroxylation is 1. The Morgan fingerprint density at radius 1 is 1.11 bits per heavy atom. The van der Waals surface area contributed by atoms with Gasteiger partial charge in [-0.2, -0.15) is 0 Å². The summed E-state index contributed by atoms with van der Waals surface area (Å²) in [6.45, 7) is 4.42. The molecule has 1 unspecified atom stereocenters. The van der Waals surface area contributed by atoms with Crippen LogP contribution >= 0.6 is 11.8 Å². The van der Waals surface area contributed by atoms with Crippen LogP contribution in [0.3, 0.4) is 0 Å². The fraction of sp³-hybridized carbons (Fsp3) is 0.294. The van der Waals surface area contributed by atoms with Crippen LogP contribution in [-0.4, -0.2) is 6.26 Å². The highest BCUT2D eigenvalue weighted by Crippen LogP contribution is 2.31. The zero-order valence-corrected chi connectivity index (χ0v) is 12.1. The van der Waals surface area contributed by atoms with Gasteiger partial charge in [-0.15, -0.1) is 11.8 Å². The van der Waals surface area contributed by atoms with E-state index in [0.29, 0.717) is 5.92 Å². The first kappa shape index (κ1) is 13.2. The fourth-order valence-electron chi connectivity index (χ4n) is 2.08.